The number of amides is 1. The van der Waals surface area contributed by atoms with Gasteiger partial charge in [-0.05, 0) is 56.6 Å². The van der Waals surface area contributed by atoms with Gasteiger partial charge in [-0.1, -0.05) is 11.2 Å². The van der Waals surface area contributed by atoms with Crippen molar-refractivity contribution in [2.45, 2.75) is 0 Å². The molecule has 2 N–H and O–H groups in total. The van der Waals surface area contributed by atoms with Crippen LogP contribution in [0.1, 0.15) is 5.69 Å². The summed E-state index contributed by atoms with van der Waals surface area (Å²) in [5.74, 6) is 0.211. The number of benzene rings is 2. The number of aromatic nitrogens is 2. The number of methoxy groups -OCH3 is 1. The number of halogens is 2. The third-order valence-electron chi connectivity index (χ3n) is 3.49. The van der Waals surface area contributed by atoms with E-state index < -0.39 is 11.7 Å². The predicted octanol–water partition coefficient (Wildman–Crippen LogP) is 3.37. The number of anilines is 2. The van der Waals surface area contributed by atoms with Gasteiger partial charge < -0.3 is 14.8 Å². The highest BCUT2D eigenvalue weighted by molar-refractivity contribution is 9.10. The molecular weight excluding hydrogens is 465 g/mol. The van der Waals surface area contributed by atoms with Crippen molar-refractivity contribution in [1.29, 1.82) is 0 Å². The second-order valence-electron chi connectivity index (χ2n) is 5.57. The zero-order valence-electron chi connectivity index (χ0n) is 15.5. The third-order valence-corrected chi connectivity index (χ3v) is 4.10. The quantitative estimate of drug-likeness (QED) is 0.354. The average Bonchev–Trinajstić information content (AvgIpc) is 3.19. The van der Waals surface area contributed by atoms with Crippen molar-refractivity contribution in [3.8, 4) is 11.5 Å². The Labute approximate surface area is 178 Å². The van der Waals surface area contributed by atoms with E-state index in [9.17, 15) is 9.18 Å². The third kappa shape index (κ3) is 5.91. The summed E-state index contributed by atoms with van der Waals surface area (Å²) in [6, 6.07) is 11.0. The van der Waals surface area contributed by atoms with Gasteiger partial charge in [0.05, 0.1) is 17.3 Å². The number of carbonyl (C=O) groups excluding carboxylic acids is 1. The van der Waals surface area contributed by atoms with Gasteiger partial charge in [0.25, 0.3) is 5.91 Å². The molecule has 0 fully saturated rings. The largest absolute Gasteiger partial charge is 0.497 e. The van der Waals surface area contributed by atoms with Crippen LogP contribution in [-0.4, -0.2) is 36.2 Å². The molecule has 2 aromatic carbocycles. The highest BCUT2D eigenvalue weighted by Crippen LogP contribution is 2.20. The van der Waals surface area contributed by atoms with E-state index in [2.05, 4.69) is 46.8 Å². The molecule has 0 unspecified atom stereocenters. The smallest absolute Gasteiger partial charge is 0.263 e. The van der Waals surface area contributed by atoms with E-state index in [1.54, 1.807) is 24.3 Å². The van der Waals surface area contributed by atoms with Gasteiger partial charge in [-0.3, -0.25) is 9.73 Å². The van der Waals surface area contributed by atoms with Crippen molar-refractivity contribution in [1.82, 2.24) is 10.3 Å². The predicted molar refractivity (Wildman–Crippen MR) is 108 cm³/mol. The molecule has 0 saturated carbocycles. The van der Waals surface area contributed by atoms with E-state index in [1.165, 1.54) is 31.5 Å². The molecule has 30 heavy (non-hydrogen) atoms. The molecule has 0 aliphatic carbocycles. The van der Waals surface area contributed by atoms with E-state index in [-0.39, 0.29) is 22.6 Å². The molecule has 156 valence electrons. The van der Waals surface area contributed by atoms with Gasteiger partial charge in [-0.2, -0.15) is 5.48 Å². The van der Waals surface area contributed by atoms with Crippen LogP contribution >= 0.6 is 15.9 Å². The van der Waals surface area contributed by atoms with Gasteiger partial charge in [0.15, 0.2) is 12.3 Å². The molecule has 1 heterocycles. The Kier molecular flexibility index (Phi) is 7.16. The molecule has 0 atom stereocenters. The van der Waals surface area contributed by atoms with Gasteiger partial charge in [0.1, 0.15) is 23.5 Å². The summed E-state index contributed by atoms with van der Waals surface area (Å²) >= 11 is 3.06. The number of nitrogens with one attached hydrogen (secondary N) is 2. The molecule has 3 aromatic rings. The van der Waals surface area contributed by atoms with Crippen LogP contribution < -0.4 is 20.3 Å². The maximum atomic E-state index is 13.2. The van der Waals surface area contributed by atoms with Gasteiger partial charge in [-0.25, -0.2) is 9.02 Å². The van der Waals surface area contributed by atoms with E-state index in [1.807, 2.05) is 0 Å². The van der Waals surface area contributed by atoms with Gasteiger partial charge in [0, 0.05) is 6.07 Å². The molecule has 0 aliphatic rings. The van der Waals surface area contributed by atoms with Crippen LogP contribution in [0.15, 0.2) is 56.7 Å². The number of oxime groups is 1. The number of nitrogens with zero attached hydrogens (tertiary/aromatic N) is 3. The number of hydrogen-bond donors (Lipinski definition) is 2. The van der Waals surface area contributed by atoms with Crippen LogP contribution in [0.4, 0.5) is 15.9 Å². The van der Waals surface area contributed by atoms with Gasteiger partial charge >= 0.3 is 0 Å². The van der Waals surface area contributed by atoms with Crippen molar-refractivity contribution < 1.29 is 28.2 Å². The minimum atomic E-state index is -0.488. The normalized spacial score (nSPS) is 10.6. The zero-order chi connectivity index (χ0) is 21.3. The summed E-state index contributed by atoms with van der Waals surface area (Å²) in [5, 5.41) is 13.3. The Morgan fingerprint density at radius 1 is 1.27 bits per heavy atom. The summed E-state index contributed by atoms with van der Waals surface area (Å²) < 4.78 is 28.5. The number of ether oxygens (including phenoxy) is 2. The van der Waals surface area contributed by atoms with Crippen LogP contribution in [0.2, 0.25) is 0 Å². The molecule has 0 saturated heterocycles. The van der Waals surface area contributed by atoms with Crippen LogP contribution in [0.3, 0.4) is 0 Å². The molecule has 0 aliphatic heterocycles. The summed E-state index contributed by atoms with van der Waals surface area (Å²) in [4.78, 5) is 17.0. The molecule has 0 spiro atoms. The summed E-state index contributed by atoms with van der Waals surface area (Å²) in [5.41, 5.74) is 3.07. The molecule has 1 amide bonds. The Balaban J connectivity index is 1.49. The minimum absolute atomic E-state index is 0.0334. The fourth-order valence-corrected chi connectivity index (χ4v) is 2.47. The lowest BCUT2D eigenvalue weighted by molar-refractivity contribution is -0.118. The Bertz CT molecular complexity index is 1050. The summed E-state index contributed by atoms with van der Waals surface area (Å²) in [7, 11) is 1.53. The van der Waals surface area contributed by atoms with E-state index >= 15 is 0 Å². The van der Waals surface area contributed by atoms with Crippen molar-refractivity contribution in [3.63, 3.8) is 0 Å². The number of hydrogen-bond acceptors (Lipinski definition) is 9. The van der Waals surface area contributed by atoms with Crippen molar-refractivity contribution >= 4 is 39.6 Å². The van der Waals surface area contributed by atoms with Crippen molar-refractivity contribution in [2.24, 2.45) is 5.16 Å². The summed E-state index contributed by atoms with van der Waals surface area (Å²) in [6.45, 7) is -0.270. The molecule has 10 nitrogen and oxygen atoms in total. The topological polar surface area (TPSA) is 120 Å². The lowest BCUT2D eigenvalue weighted by Gasteiger charge is -2.07. The SMILES string of the molecule is COc1cccc(OCC(=O)Nc2nonc2/C=N/ONc2ccc(F)c(Br)c2)c1. The van der Waals surface area contributed by atoms with Crippen molar-refractivity contribution in [2.75, 3.05) is 24.5 Å². The maximum Gasteiger partial charge on any atom is 0.263 e. The van der Waals surface area contributed by atoms with Crippen LogP contribution in [0, 0.1) is 5.82 Å². The van der Waals surface area contributed by atoms with E-state index in [0.29, 0.717) is 17.2 Å². The van der Waals surface area contributed by atoms with E-state index in [0.717, 1.165) is 0 Å². The Hall–Kier alpha value is -3.67. The average molecular weight is 480 g/mol. The molecule has 12 heteroatoms. The standard InChI is InChI=1S/C18H15BrFN5O5/c1-27-12-3-2-4-13(8-12)28-10-17(26)22-18-16(24-30-25-18)9-21-29-23-11-5-6-15(20)14(19)7-11/h2-9,23H,10H2,1H3,(H,22,25,26)/b21-9+. The molecule has 1 aromatic heterocycles. The molecule has 3 rings (SSSR count). The van der Waals surface area contributed by atoms with Crippen LogP contribution in [-0.2, 0) is 9.73 Å². The molecule has 0 bridgehead atoms. The van der Waals surface area contributed by atoms with Gasteiger partial charge in [0.2, 0.25) is 5.82 Å². The fraction of sp³-hybridized carbons (Fsp3) is 0.111. The zero-order valence-corrected chi connectivity index (χ0v) is 17.1. The van der Waals surface area contributed by atoms with Gasteiger partial charge in [-0.15, -0.1) is 0 Å². The first-order valence-corrected chi connectivity index (χ1v) is 9.14. The monoisotopic (exact) mass is 479 g/mol. The number of rotatable bonds is 9. The first kappa shape index (κ1) is 21.0. The maximum absolute atomic E-state index is 13.2. The lowest BCUT2D eigenvalue weighted by Crippen LogP contribution is -2.21. The second kappa shape index (κ2) is 10.2. The Morgan fingerprint density at radius 3 is 2.90 bits per heavy atom. The fourth-order valence-electron chi connectivity index (χ4n) is 2.09. The second-order valence-corrected chi connectivity index (χ2v) is 6.42. The molecule has 0 radical (unpaired) electrons. The molecular formula is C18H15BrFN5O5. The first-order valence-electron chi connectivity index (χ1n) is 8.35. The van der Waals surface area contributed by atoms with E-state index in [4.69, 9.17) is 14.4 Å². The highest BCUT2D eigenvalue weighted by atomic mass is 79.9. The summed E-state index contributed by atoms with van der Waals surface area (Å²) in [6.07, 6.45) is 1.17. The Morgan fingerprint density at radius 2 is 2.10 bits per heavy atom. The minimum Gasteiger partial charge on any atom is -0.497 e. The number of carbonyl (C=O) groups is 1. The van der Waals surface area contributed by atoms with Crippen LogP contribution in [0.25, 0.3) is 0 Å². The first-order chi connectivity index (χ1) is 14.5. The van der Waals surface area contributed by atoms with Crippen LogP contribution in [0.5, 0.6) is 11.5 Å². The lowest BCUT2D eigenvalue weighted by atomic mass is 10.3. The highest BCUT2D eigenvalue weighted by Gasteiger charge is 2.12. The van der Waals surface area contributed by atoms with Crippen molar-refractivity contribution in [3.05, 3.63) is 58.4 Å².